The zero-order valence-electron chi connectivity index (χ0n) is 18.8. The lowest BCUT2D eigenvalue weighted by molar-refractivity contribution is -0.122. The summed E-state index contributed by atoms with van der Waals surface area (Å²) in [4.78, 5) is 30.4. The lowest BCUT2D eigenvalue weighted by Gasteiger charge is -2.38. The van der Waals surface area contributed by atoms with E-state index in [1.165, 1.54) is 0 Å². The van der Waals surface area contributed by atoms with Gasteiger partial charge in [0.05, 0.1) is 12.3 Å². The molecule has 4 rings (SSSR count). The van der Waals surface area contributed by atoms with Crippen LogP contribution >= 0.6 is 0 Å². The third-order valence-corrected chi connectivity index (χ3v) is 5.80. The second kappa shape index (κ2) is 10.8. The number of nitrogens with one attached hydrogen (secondary N) is 1. The first-order valence-corrected chi connectivity index (χ1v) is 11.3. The molecule has 1 atom stereocenters. The van der Waals surface area contributed by atoms with Crippen LogP contribution in [0, 0.1) is 0 Å². The molecule has 0 unspecified atom stereocenters. The molecule has 0 bridgehead atoms. The van der Waals surface area contributed by atoms with Gasteiger partial charge in [-0.05, 0) is 36.8 Å². The normalized spacial score (nSPS) is 15.0. The van der Waals surface area contributed by atoms with Crippen molar-refractivity contribution in [3.63, 3.8) is 0 Å². The summed E-state index contributed by atoms with van der Waals surface area (Å²) in [7, 11) is 0. The zero-order valence-corrected chi connectivity index (χ0v) is 18.8. The highest BCUT2D eigenvalue weighted by Crippen LogP contribution is 2.28. The minimum Gasteiger partial charge on any atom is -0.492 e. The summed E-state index contributed by atoms with van der Waals surface area (Å²) in [5.41, 5.74) is 2.27. The number of benzene rings is 3. The van der Waals surface area contributed by atoms with Crippen molar-refractivity contribution in [3.05, 3.63) is 96.1 Å². The van der Waals surface area contributed by atoms with Crippen LogP contribution in [0.25, 0.3) is 0 Å². The minimum atomic E-state index is -0.463. The Kier molecular flexibility index (Phi) is 7.37. The van der Waals surface area contributed by atoms with Gasteiger partial charge >= 0.3 is 0 Å². The molecular weight excluding hydrogens is 414 g/mol. The van der Waals surface area contributed by atoms with Crippen LogP contribution in [-0.4, -0.2) is 54.4 Å². The van der Waals surface area contributed by atoms with Gasteiger partial charge in [-0.1, -0.05) is 60.7 Å². The summed E-state index contributed by atoms with van der Waals surface area (Å²) >= 11 is 0. The summed E-state index contributed by atoms with van der Waals surface area (Å²) in [5.74, 6) is 0.566. The van der Waals surface area contributed by atoms with Crippen molar-refractivity contribution in [3.8, 4) is 5.75 Å². The molecule has 0 saturated carbocycles. The second-order valence-electron chi connectivity index (χ2n) is 7.93. The highest BCUT2D eigenvalue weighted by molar-refractivity contribution is 5.97. The van der Waals surface area contributed by atoms with Gasteiger partial charge in [0, 0.05) is 31.7 Å². The number of carbonyl (C=O) groups is 2. The summed E-state index contributed by atoms with van der Waals surface area (Å²) in [6, 6.07) is 26.1. The third kappa shape index (κ3) is 5.41. The Labute approximate surface area is 194 Å². The highest BCUT2D eigenvalue weighted by atomic mass is 16.5. The van der Waals surface area contributed by atoms with Crippen molar-refractivity contribution < 1.29 is 14.3 Å². The zero-order chi connectivity index (χ0) is 23.0. The van der Waals surface area contributed by atoms with Crippen molar-refractivity contribution in [1.29, 1.82) is 0 Å². The quantitative estimate of drug-likeness (QED) is 0.594. The first-order valence-electron chi connectivity index (χ1n) is 11.3. The van der Waals surface area contributed by atoms with Crippen molar-refractivity contribution in [2.45, 2.75) is 13.0 Å². The SMILES string of the molecule is CCOc1ccccc1NC(=O)[C@H](c1ccccc1)N1CCN(C(=O)c2ccccc2)CC1. The monoisotopic (exact) mass is 443 g/mol. The molecule has 1 heterocycles. The Morgan fingerprint density at radius 3 is 2.12 bits per heavy atom. The lowest BCUT2D eigenvalue weighted by atomic mass is 10.0. The number of nitrogens with zero attached hydrogens (tertiary/aromatic N) is 2. The molecule has 3 aromatic carbocycles. The number of amides is 2. The summed E-state index contributed by atoms with van der Waals surface area (Å²) in [6.07, 6.45) is 0. The molecule has 33 heavy (non-hydrogen) atoms. The van der Waals surface area contributed by atoms with Gasteiger partial charge < -0.3 is 15.0 Å². The van der Waals surface area contributed by atoms with E-state index in [1.54, 1.807) is 0 Å². The number of hydrogen-bond donors (Lipinski definition) is 1. The standard InChI is InChI=1S/C27H29N3O3/c1-2-33-24-16-10-9-15-23(24)28-26(31)25(21-11-5-3-6-12-21)29-17-19-30(20-18-29)27(32)22-13-7-4-8-14-22/h3-16,25H,2,17-20H2,1H3,(H,28,31)/t25-/m0/s1. The molecule has 1 fully saturated rings. The van der Waals surface area contributed by atoms with Gasteiger partial charge in [0.1, 0.15) is 11.8 Å². The molecule has 1 aliphatic heterocycles. The molecule has 6 nitrogen and oxygen atoms in total. The van der Waals surface area contributed by atoms with Gasteiger partial charge in [-0.15, -0.1) is 0 Å². The maximum Gasteiger partial charge on any atom is 0.253 e. The molecule has 0 spiro atoms. The molecule has 0 aromatic heterocycles. The molecule has 1 aliphatic rings. The van der Waals surface area contributed by atoms with Gasteiger partial charge in [-0.25, -0.2) is 0 Å². The van der Waals surface area contributed by atoms with Gasteiger partial charge in [0.2, 0.25) is 5.91 Å². The van der Waals surface area contributed by atoms with E-state index in [0.717, 1.165) is 5.56 Å². The number of carbonyl (C=O) groups excluding carboxylic acids is 2. The van der Waals surface area contributed by atoms with E-state index < -0.39 is 6.04 Å². The maximum absolute atomic E-state index is 13.5. The Bertz CT molecular complexity index is 1060. The summed E-state index contributed by atoms with van der Waals surface area (Å²) < 4.78 is 5.68. The van der Waals surface area contributed by atoms with Crippen LogP contribution < -0.4 is 10.1 Å². The number of anilines is 1. The molecule has 0 radical (unpaired) electrons. The Hall–Kier alpha value is -3.64. The summed E-state index contributed by atoms with van der Waals surface area (Å²) in [5, 5.41) is 3.06. The van der Waals surface area contributed by atoms with E-state index >= 15 is 0 Å². The van der Waals surface area contributed by atoms with Crippen LogP contribution in [0.1, 0.15) is 28.9 Å². The topological polar surface area (TPSA) is 61.9 Å². The molecular formula is C27H29N3O3. The molecule has 1 saturated heterocycles. The Morgan fingerprint density at radius 2 is 1.45 bits per heavy atom. The van der Waals surface area contributed by atoms with E-state index in [9.17, 15) is 9.59 Å². The summed E-state index contributed by atoms with van der Waals surface area (Å²) in [6.45, 7) is 4.80. The van der Waals surface area contributed by atoms with E-state index in [0.29, 0.717) is 49.8 Å². The maximum atomic E-state index is 13.5. The fourth-order valence-corrected chi connectivity index (χ4v) is 4.16. The molecule has 3 aromatic rings. The number of ether oxygens (including phenoxy) is 1. The fraction of sp³-hybridized carbons (Fsp3) is 0.259. The first kappa shape index (κ1) is 22.6. The molecule has 1 N–H and O–H groups in total. The average Bonchev–Trinajstić information content (AvgIpc) is 2.87. The Morgan fingerprint density at radius 1 is 0.848 bits per heavy atom. The highest BCUT2D eigenvalue weighted by Gasteiger charge is 2.32. The lowest BCUT2D eigenvalue weighted by Crippen LogP contribution is -2.51. The molecule has 0 aliphatic carbocycles. The molecule has 2 amide bonds. The Balaban J connectivity index is 1.50. The smallest absolute Gasteiger partial charge is 0.253 e. The van der Waals surface area contributed by atoms with Crippen LogP contribution in [0.4, 0.5) is 5.69 Å². The van der Waals surface area contributed by atoms with Gasteiger partial charge in [-0.2, -0.15) is 0 Å². The van der Waals surface area contributed by atoms with Gasteiger partial charge in [-0.3, -0.25) is 14.5 Å². The van der Waals surface area contributed by atoms with Crippen LogP contribution in [0.15, 0.2) is 84.9 Å². The van der Waals surface area contributed by atoms with E-state index in [4.69, 9.17) is 4.74 Å². The van der Waals surface area contributed by atoms with Gasteiger partial charge in [0.15, 0.2) is 0 Å². The number of para-hydroxylation sites is 2. The average molecular weight is 444 g/mol. The fourth-order valence-electron chi connectivity index (χ4n) is 4.16. The van der Waals surface area contributed by atoms with Crippen LogP contribution in [0.2, 0.25) is 0 Å². The molecule has 170 valence electrons. The van der Waals surface area contributed by atoms with E-state index in [-0.39, 0.29) is 11.8 Å². The van der Waals surface area contributed by atoms with Crippen molar-refractivity contribution in [2.75, 3.05) is 38.1 Å². The number of piperazine rings is 1. The van der Waals surface area contributed by atoms with Crippen LogP contribution in [-0.2, 0) is 4.79 Å². The molecule has 6 heteroatoms. The predicted molar refractivity (Wildman–Crippen MR) is 129 cm³/mol. The minimum absolute atomic E-state index is 0.0293. The van der Waals surface area contributed by atoms with Gasteiger partial charge in [0.25, 0.3) is 5.91 Å². The van der Waals surface area contributed by atoms with E-state index in [1.807, 2.05) is 96.8 Å². The van der Waals surface area contributed by atoms with Crippen molar-refractivity contribution in [1.82, 2.24) is 9.80 Å². The first-order chi connectivity index (χ1) is 16.2. The van der Waals surface area contributed by atoms with Crippen LogP contribution in [0.5, 0.6) is 5.75 Å². The van der Waals surface area contributed by atoms with Crippen molar-refractivity contribution >= 4 is 17.5 Å². The van der Waals surface area contributed by atoms with E-state index in [2.05, 4.69) is 10.2 Å². The number of rotatable bonds is 7. The largest absolute Gasteiger partial charge is 0.492 e. The third-order valence-electron chi connectivity index (χ3n) is 5.80. The predicted octanol–water partition coefficient (Wildman–Crippen LogP) is 4.22. The van der Waals surface area contributed by atoms with Crippen molar-refractivity contribution in [2.24, 2.45) is 0 Å². The number of hydrogen-bond acceptors (Lipinski definition) is 4. The second-order valence-corrected chi connectivity index (χ2v) is 7.93. The van der Waals surface area contributed by atoms with Crippen LogP contribution in [0.3, 0.4) is 0 Å².